The minimum Gasteiger partial charge on any atom is -0.399 e. The lowest BCUT2D eigenvalue weighted by molar-refractivity contribution is 0.00578. The molecule has 2 aliphatic carbocycles. The van der Waals surface area contributed by atoms with Gasteiger partial charge in [0.25, 0.3) is 0 Å². The van der Waals surface area contributed by atoms with E-state index in [0.717, 1.165) is 25.7 Å². The van der Waals surface area contributed by atoms with E-state index in [1.807, 2.05) is 0 Å². The summed E-state index contributed by atoms with van der Waals surface area (Å²) in [7, 11) is -0.827. The lowest BCUT2D eigenvalue weighted by Gasteiger charge is -2.32. The summed E-state index contributed by atoms with van der Waals surface area (Å²) in [5, 5.41) is 0. The molecule has 56 heavy (non-hydrogen) atoms. The van der Waals surface area contributed by atoms with E-state index < -0.39 is 36.6 Å². The van der Waals surface area contributed by atoms with Crippen LogP contribution in [0.1, 0.15) is 103 Å². The van der Waals surface area contributed by atoms with Crippen LogP contribution in [0.5, 0.6) is 0 Å². The second-order valence-electron chi connectivity index (χ2n) is 18.6. The molecule has 5 aromatic carbocycles. The lowest BCUT2D eigenvalue weighted by Crippen LogP contribution is -2.41. The SMILES string of the molecule is CC1(C)OB(c2c(-c3ccccc3)cc(-c3ccc(-c4cc(-c5ccccc5)c(B5OC(C)(C)C(C)(C)O5)c5c4CCCC5)cc3)c3c2CCCC3)OC1(C)C. The van der Waals surface area contributed by atoms with Crippen LogP contribution in [0.15, 0.2) is 97.1 Å². The Hall–Kier alpha value is -3.93. The van der Waals surface area contributed by atoms with Crippen molar-refractivity contribution in [3.63, 3.8) is 0 Å². The zero-order chi connectivity index (χ0) is 39.0. The number of rotatable bonds is 6. The van der Waals surface area contributed by atoms with Gasteiger partial charge in [-0.1, -0.05) is 84.9 Å². The van der Waals surface area contributed by atoms with Crippen molar-refractivity contribution in [1.82, 2.24) is 0 Å². The predicted octanol–water partition coefficient (Wildman–Crippen LogP) is 10.7. The van der Waals surface area contributed by atoms with Gasteiger partial charge in [0.2, 0.25) is 0 Å². The van der Waals surface area contributed by atoms with Gasteiger partial charge in [0.1, 0.15) is 0 Å². The number of benzene rings is 5. The molecule has 0 radical (unpaired) electrons. The molecule has 2 saturated heterocycles. The average Bonchev–Trinajstić information content (AvgIpc) is 3.55. The van der Waals surface area contributed by atoms with Gasteiger partial charge >= 0.3 is 14.2 Å². The third-order valence-electron chi connectivity index (χ3n) is 14.0. The van der Waals surface area contributed by atoms with Crippen molar-refractivity contribution in [3.05, 3.63) is 119 Å². The van der Waals surface area contributed by atoms with Gasteiger partial charge in [-0.15, -0.1) is 0 Å². The Kier molecular flexibility index (Phi) is 9.32. The van der Waals surface area contributed by atoms with E-state index in [4.69, 9.17) is 18.6 Å². The first-order valence-corrected chi connectivity index (χ1v) is 21.0. The van der Waals surface area contributed by atoms with Crippen molar-refractivity contribution in [2.75, 3.05) is 0 Å². The standard InChI is InChI=1S/C50H56B2O4/c1-47(2)48(3,4)54-51(53-47)45-39-25-17-15-23-37(39)41(31-43(45)33-19-11-9-12-20-33)35-27-29-36(30-28-35)42-32-44(34-21-13-10-14-22-34)46(40-26-18-16-24-38(40)42)52-55-49(5,6)50(7,8)56-52/h9-14,19-22,27-32H,15-18,23-26H2,1-8H3. The molecule has 0 amide bonds. The van der Waals surface area contributed by atoms with Crippen LogP contribution in [0.3, 0.4) is 0 Å². The van der Waals surface area contributed by atoms with Crippen molar-refractivity contribution < 1.29 is 18.6 Å². The molecule has 4 nitrogen and oxygen atoms in total. The minimum absolute atomic E-state index is 0.413. The zero-order valence-electron chi connectivity index (χ0n) is 34.7. The highest BCUT2D eigenvalue weighted by atomic mass is 16.7. The van der Waals surface area contributed by atoms with Gasteiger partial charge in [-0.2, -0.15) is 0 Å². The first-order valence-electron chi connectivity index (χ1n) is 21.0. The van der Waals surface area contributed by atoms with E-state index in [0.29, 0.717) is 0 Å². The monoisotopic (exact) mass is 742 g/mol. The van der Waals surface area contributed by atoms with Gasteiger partial charge in [0, 0.05) is 0 Å². The summed E-state index contributed by atoms with van der Waals surface area (Å²) in [6.45, 7) is 17.2. The molecular formula is C50H56B2O4. The summed E-state index contributed by atoms with van der Waals surface area (Å²) in [4.78, 5) is 0. The third kappa shape index (κ3) is 6.32. The molecule has 4 aliphatic rings. The summed E-state index contributed by atoms with van der Waals surface area (Å²) >= 11 is 0. The van der Waals surface area contributed by atoms with Gasteiger partial charge in [-0.3, -0.25) is 0 Å². The highest BCUT2D eigenvalue weighted by molar-refractivity contribution is 6.65. The summed E-state index contributed by atoms with van der Waals surface area (Å²) in [6, 6.07) is 36.0. The minimum atomic E-state index is -0.413. The molecule has 6 heteroatoms. The van der Waals surface area contributed by atoms with E-state index in [-0.39, 0.29) is 0 Å². The molecule has 0 unspecified atom stereocenters. The molecule has 2 fully saturated rings. The topological polar surface area (TPSA) is 36.9 Å². The molecule has 0 saturated carbocycles. The normalized spacial score (nSPS) is 20.5. The van der Waals surface area contributed by atoms with E-state index in [9.17, 15) is 0 Å². The van der Waals surface area contributed by atoms with Crippen LogP contribution in [0.2, 0.25) is 0 Å². The fourth-order valence-corrected chi connectivity index (χ4v) is 9.46. The van der Waals surface area contributed by atoms with E-state index >= 15 is 0 Å². The zero-order valence-corrected chi connectivity index (χ0v) is 34.7. The fraction of sp³-hybridized carbons (Fsp3) is 0.400. The van der Waals surface area contributed by atoms with E-state index in [1.54, 1.807) is 0 Å². The Morgan fingerprint density at radius 1 is 0.357 bits per heavy atom. The van der Waals surface area contributed by atoms with Crippen molar-refractivity contribution in [2.24, 2.45) is 0 Å². The van der Waals surface area contributed by atoms with Gasteiger partial charge in [-0.25, -0.2) is 0 Å². The first kappa shape index (κ1) is 37.6. The largest absolute Gasteiger partial charge is 0.495 e. The number of hydrogen-bond acceptors (Lipinski definition) is 4. The molecular weight excluding hydrogens is 686 g/mol. The Morgan fingerprint density at radius 2 is 0.643 bits per heavy atom. The number of hydrogen-bond donors (Lipinski definition) is 0. The van der Waals surface area contributed by atoms with E-state index in [2.05, 4.69) is 152 Å². The summed E-state index contributed by atoms with van der Waals surface area (Å²) < 4.78 is 27.2. The second kappa shape index (κ2) is 13.9. The molecule has 5 aromatic rings. The Labute approximate surface area is 335 Å². The highest BCUT2D eigenvalue weighted by Crippen LogP contribution is 2.44. The van der Waals surface area contributed by atoms with Gasteiger partial charge in [-0.05, 0) is 197 Å². The average molecular weight is 743 g/mol. The molecule has 286 valence electrons. The lowest BCUT2D eigenvalue weighted by atomic mass is 9.66. The Morgan fingerprint density at radius 3 is 0.964 bits per heavy atom. The highest BCUT2D eigenvalue weighted by Gasteiger charge is 2.54. The summed E-state index contributed by atoms with van der Waals surface area (Å²) in [5.74, 6) is 0. The van der Waals surface area contributed by atoms with Crippen molar-refractivity contribution in [1.29, 1.82) is 0 Å². The van der Waals surface area contributed by atoms with Crippen LogP contribution in [0.4, 0.5) is 0 Å². The van der Waals surface area contributed by atoms with Gasteiger partial charge in [0.05, 0.1) is 22.4 Å². The van der Waals surface area contributed by atoms with E-state index in [1.165, 1.54) is 103 Å². The smallest absolute Gasteiger partial charge is 0.399 e. The quantitative estimate of drug-likeness (QED) is 0.162. The van der Waals surface area contributed by atoms with Gasteiger partial charge in [0.15, 0.2) is 0 Å². The molecule has 0 N–H and O–H groups in total. The van der Waals surface area contributed by atoms with Crippen LogP contribution in [-0.2, 0) is 44.3 Å². The van der Waals surface area contributed by atoms with Gasteiger partial charge < -0.3 is 18.6 Å². The fourth-order valence-electron chi connectivity index (χ4n) is 9.46. The third-order valence-corrected chi connectivity index (χ3v) is 14.0. The number of fused-ring (bicyclic) bond motifs is 2. The molecule has 0 bridgehead atoms. The molecule has 2 heterocycles. The predicted molar refractivity (Wildman–Crippen MR) is 233 cm³/mol. The Balaban J connectivity index is 1.18. The van der Waals surface area contributed by atoms with Crippen LogP contribution in [-0.4, -0.2) is 36.6 Å². The molecule has 2 aliphatic heterocycles. The van der Waals surface area contributed by atoms with Crippen LogP contribution in [0.25, 0.3) is 44.5 Å². The first-order chi connectivity index (χ1) is 26.7. The van der Waals surface area contributed by atoms with Crippen LogP contribution >= 0.6 is 0 Å². The maximum absolute atomic E-state index is 6.80. The summed E-state index contributed by atoms with van der Waals surface area (Å²) in [5.41, 5.74) is 16.5. The van der Waals surface area contributed by atoms with Crippen molar-refractivity contribution >= 4 is 25.2 Å². The van der Waals surface area contributed by atoms with Crippen LogP contribution < -0.4 is 10.9 Å². The Bertz CT molecular complexity index is 2080. The molecule has 0 atom stereocenters. The maximum Gasteiger partial charge on any atom is 0.495 e. The van der Waals surface area contributed by atoms with Crippen LogP contribution in [0, 0.1) is 0 Å². The second-order valence-corrected chi connectivity index (χ2v) is 18.6. The molecule has 0 aromatic heterocycles. The van der Waals surface area contributed by atoms with Crippen molar-refractivity contribution in [2.45, 2.75) is 129 Å². The van der Waals surface area contributed by atoms with Crippen molar-refractivity contribution in [3.8, 4) is 44.5 Å². The molecule has 9 rings (SSSR count). The maximum atomic E-state index is 6.80. The molecule has 0 spiro atoms. The summed E-state index contributed by atoms with van der Waals surface area (Å²) in [6.07, 6.45) is 8.91.